The minimum atomic E-state index is -1.33. The first kappa shape index (κ1) is 27.7. The van der Waals surface area contributed by atoms with Crippen LogP contribution >= 0.6 is 11.3 Å². The Morgan fingerprint density at radius 1 is 1.02 bits per heavy atom. The number of ether oxygens (including phenoxy) is 2. The predicted molar refractivity (Wildman–Crippen MR) is 151 cm³/mol. The number of methoxy groups -OCH3 is 1. The summed E-state index contributed by atoms with van der Waals surface area (Å²) in [5.41, 5.74) is 2.32. The van der Waals surface area contributed by atoms with Gasteiger partial charge in [-0.25, -0.2) is 14.2 Å². The zero-order valence-electron chi connectivity index (χ0n) is 22.4. The second-order valence-corrected chi connectivity index (χ2v) is 10.3. The highest BCUT2D eigenvalue weighted by atomic mass is 32.1. The normalized spacial score (nSPS) is 16.2. The van der Waals surface area contributed by atoms with Gasteiger partial charge >= 0.3 is 11.9 Å². The molecular formula is C31H25FN2O6S. The number of benzene rings is 3. The fourth-order valence-electron chi connectivity index (χ4n) is 4.59. The lowest BCUT2D eigenvalue weighted by atomic mass is 9.95. The summed E-state index contributed by atoms with van der Waals surface area (Å²) >= 11 is 0.840. The Morgan fingerprint density at radius 2 is 1.71 bits per heavy atom. The van der Waals surface area contributed by atoms with Crippen LogP contribution in [0, 0.1) is 19.7 Å². The first-order valence-corrected chi connectivity index (χ1v) is 13.4. The van der Waals surface area contributed by atoms with E-state index in [1.165, 1.54) is 25.3 Å². The molecule has 1 fully saturated rings. The number of esters is 1. The molecule has 10 heteroatoms. The molecule has 0 aliphatic carbocycles. The van der Waals surface area contributed by atoms with E-state index in [2.05, 4.69) is 4.98 Å². The molecule has 0 radical (unpaired) electrons. The van der Waals surface area contributed by atoms with Crippen LogP contribution in [0.1, 0.15) is 43.7 Å². The molecule has 1 saturated heterocycles. The standard InChI is InChI=1S/C31H25FN2O6S/c1-17-8-4-5-9-20(17)16-40-21-14-12-19(13-15-21)26(35)24-25(22-10-6-7-11-23(22)32)34(29(37)27(24)36)31-33-18(2)28(41-31)30(38)39-3/h4-15,25,35H,16H2,1-3H3/b26-24+. The summed E-state index contributed by atoms with van der Waals surface area (Å²) in [5.74, 6) is -3.31. The quantitative estimate of drug-likeness (QED) is 0.127. The van der Waals surface area contributed by atoms with E-state index in [0.717, 1.165) is 27.4 Å². The molecule has 1 aliphatic heterocycles. The SMILES string of the molecule is COC(=O)c1sc(N2C(=O)C(=O)/C(=C(/O)c3ccc(OCc4ccccc4C)cc3)C2c2ccccc2F)nc1C. The number of hydrogen-bond acceptors (Lipinski definition) is 8. The van der Waals surface area contributed by atoms with Gasteiger partial charge in [0.15, 0.2) is 5.13 Å². The van der Waals surface area contributed by atoms with Crippen molar-refractivity contribution in [3.05, 3.63) is 117 Å². The van der Waals surface area contributed by atoms with Crippen molar-refractivity contribution in [2.75, 3.05) is 12.0 Å². The second kappa shape index (κ2) is 11.3. The maximum Gasteiger partial charge on any atom is 0.350 e. The van der Waals surface area contributed by atoms with E-state index >= 15 is 4.39 Å². The summed E-state index contributed by atoms with van der Waals surface area (Å²) in [6.07, 6.45) is 0. The Labute approximate surface area is 239 Å². The number of ketones is 1. The molecule has 0 saturated carbocycles. The molecule has 0 bridgehead atoms. The van der Waals surface area contributed by atoms with Crippen LogP contribution in [0.5, 0.6) is 5.75 Å². The largest absolute Gasteiger partial charge is 0.507 e. The molecule has 5 rings (SSSR count). The van der Waals surface area contributed by atoms with Gasteiger partial charge in [0.25, 0.3) is 5.78 Å². The highest BCUT2D eigenvalue weighted by molar-refractivity contribution is 7.17. The van der Waals surface area contributed by atoms with E-state index in [0.29, 0.717) is 12.4 Å². The number of aryl methyl sites for hydroxylation is 2. The highest BCUT2D eigenvalue weighted by Gasteiger charge is 2.49. The third-order valence-corrected chi connectivity index (χ3v) is 7.93. The van der Waals surface area contributed by atoms with Gasteiger partial charge in [0.05, 0.1) is 18.4 Å². The number of halogens is 1. The molecule has 3 aromatic carbocycles. The van der Waals surface area contributed by atoms with Crippen molar-refractivity contribution in [2.45, 2.75) is 26.5 Å². The Morgan fingerprint density at radius 3 is 2.39 bits per heavy atom. The number of hydrogen-bond donors (Lipinski definition) is 1. The summed E-state index contributed by atoms with van der Waals surface area (Å²) in [7, 11) is 1.21. The predicted octanol–water partition coefficient (Wildman–Crippen LogP) is 5.89. The summed E-state index contributed by atoms with van der Waals surface area (Å²) < 4.78 is 25.8. The van der Waals surface area contributed by atoms with E-state index in [4.69, 9.17) is 9.47 Å². The smallest absolute Gasteiger partial charge is 0.350 e. The number of Topliss-reactive ketones (excluding diaryl/α,β-unsaturated/α-hetero) is 1. The number of anilines is 1. The van der Waals surface area contributed by atoms with Gasteiger partial charge < -0.3 is 14.6 Å². The molecule has 2 heterocycles. The van der Waals surface area contributed by atoms with E-state index in [1.54, 1.807) is 37.3 Å². The monoisotopic (exact) mass is 572 g/mol. The number of carbonyl (C=O) groups is 3. The molecule has 1 N–H and O–H groups in total. The molecule has 1 unspecified atom stereocenters. The maximum absolute atomic E-state index is 15.1. The van der Waals surface area contributed by atoms with E-state index in [-0.39, 0.29) is 32.4 Å². The van der Waals surface area contributed by atoms with Crippen LogP contribution in [0.3, 0.4) is 0 Å². The Kier molecular flexibility index (Phi) is 7.67. The molecular weight excluding hydrogens is 547 g/mol. The van der Waals surface area contributed by atoms with E-state index < -0.39 is 35.3 Å². The summed E-state index contributed by atoms with van der Waals surface area (Å²) in [6.45, 7) is 3.89. The number of aliphatic hydroxyl groups is 1. The average molecular weight is 573 g/mol. The number of rotatable bonds is 7. The maximum atomic E-state index is 15.1. The van der Waals surface area contributed by atoms with Crippen molar-refractivity contribution in [2.24, 2.45) is 0 Å². The molecule has 1 amide bonds. The number of carbonyl (C=O) groups excluding carboxylic acids is 3. The molecule has 0 spiro atoms. The van der Waals surface area contributed by atoms with E-state index in [1.807, 2.05) is 31.2 Å². The number of amides is 1. The van der Waals surface area contributed by atoms with Crippen LogP contribution < -0.4 is 9.64 Å². The van der Waals surface area contributed by atoms with Gasteiger partial charge in [-0.05, 0) is 55.3 Å². The third kappa shape index (κ3) is 5.21. The van der Waals surface area contributed by atoms with Crippen LogP contribution in [0.4, 0.5) is 9.52 Å². The van der Waals surface area contributed by atoms with Crippen LogP contribution in [0.2, 0.25) is 0 Å². The molecule has 1 aliphatic rings. The van der Waals surface area contributed by atoms with Crippen molar-refractivity contribution in [1.29, 1.82) is 0 Å². The van der Waals surface area contributed by atoms with Gasteiger partial charge in [0.1, 0.15) is 34.9 Å². The Bertz CT molecular complexity index is 1690. The lowest BCUT2D eigenvalue weighted by Gasteiger charge is -2.23. The van der Waals surface area contributed by atoms with Crippen molar-refractivity contribution >= 4 is 39.9 Å². The lowest BCUT2D eigenvalue weighted by Crippen LogP contribution is -2.29. The van der Waals surface area contributed by atoms with Crippen molar-refractivity contribution < 1.29 is 33.4 Å². The van der Waals surface area contributed by atoms with Gasteiger partial charge in [0.2, 0.25) is 0 Å². The van der Waals surface area contributed by atoms with Gasteiger partial charge in [-0.3, -0.25) is 14.5 Å². The van der Waals surface area contributed by atoms with Gasteiger partial charge in [0, 0.05) is 11.1 Å². The van der Waals surface area contributed by atoms with E-state index in [9.17, 15) is 19.5 Å². The van der Waals surface area contributed by atoms with Gasteiger partial charge in [-0.1, -0.05) is 53.8 Å². The molecule has 1 atom stereocenters. The van der Waals surface area contributed by atoms with Crippen LogP contribution in [-0.2, 0) is 20.9 Å². The Balaban J connectivity index is 1.54. The van der Waals surface area contributed by atoms with Crippen molar-refractivity contribution in [3.8, 4) is 5.75 Å². The highest BCUT2D eigenvalue weighted by Crippen LogP contribution is 2.44. The molecule has 1 aromatic heterocycles. The van der Waals surface area contributed by atoms with Gasteiger partial charge in [-0.15, -0.1) is 0 Å². The third-order valence-electron chi connectivity index (χ3n) is 6.79. The fraction of sp³-hybridized carbons (Fsp3) is 0.161. The first-order chi connectivity index (χ1) is 19.7. The topological polar surface area (TPSA) is 106 Å². The Hall–Kier alpha value is -4.83. The first-order valence-electron chi connectivity index (χ1n) is 12.6. The minimum Gasteiger partial charge on any atom is -0.507 e. The number of nitrogens with zero attached hydrogens (tertiary/aromatic N) is 2. The van der Waals surface area contributed by atoms with Gasteiger partial charge in [-0.2, -0.15) is 0 Å². The average Bonchev–Trinajstić information content (AvgIpc) is 3.48. The second-order valence-electron chi connectivity index (χ2n) is 9.33. The summed E-state index contributed by atoms with van der Waals surface area (Å²) in [5, 5.41) is 11.3. The summed E-state index contributed by atoms with van der Waals surface area (Å²) in [6, 6.07) is 18.5. The zero-order valence-corrected chi connectivity index (χ0v) is 23.2. The lowest BCUT2D eigenvalue weighted by molar-refractivity contribution is -0.132. The van der Waals surface area contributed by atoms with Crippen molar-refractivity contribution in [3.63, 3.8) is 0 Å². The number of thiazole rings is 1. The zero-order chi connectivity index (χ0) is 29.3. The molecule has 4 aromatic rings. The van der Waals surface area contributed by atoms with Crippen LogP contribution in [0.15, 0.2) is 78.4 Å². The van der Waals surface area contributed by atoms with Crippen molar-refractivity contribution in [1.82, 2.24) is 4.98 Å². The van der Waals surface area contributed by atoms with Crippen LogP contribution in [0.25, 0.3) is 5.76 Å². The molecule has 41 heavy (non-hydrogen) atoms. The molecule has 8 nitrogen and oxygen atoms in total. The minimum absolute atomic E-state index is 0.00254. The van der Waals surface area contributed by atoms with Crippen LogP contribution in [-0.4, -0.2) is 34.9 Å². The number of aromatic nitrogens is 1. The summed E-state index contributed by atoms with van der Waals surface area (Å²) in [4.78, 5) is 44.4. The molecule has 208 valence electrons. The fourth-order valence-corrected chi connectivity index (χ4v) is 5.60. The number of aliphatic hydroxyl groups excluding tert-OH is 1.